The molecule has 4 heteroatoms. The van der Waals surface area contributed by atoms with Gasteiger partial charge in [0.15, 0.2) is 17.3 Å². The number of phenolic OH excluding ortho intramolecular Hbond substituents is 2. The van der Waals surface area contributed by atoms with Gasteiger partial charge in [0.1, 0.15) is 5.75 Å². The smallest absolute Gasteiger partial charge is 0.189 e. The van der Waals surface area contributed by atoms with Crippen LogP contribution in [0.2, 0.25) is 0 Å². The van der Waals surface area contributed by atoms with Crippen LogP contribution in [0.15, 0.2) is 48.5 Å². The van der Waals surface area contributed by atoms with Crippen molar-refractivity contribution in [2.24, 2.45) is 0 Å². The first-order valence-corrected chi connectivity index (χ1v) is 5.99. The molecule has 0 spiro atoms. The fourth-order valence-electron chi connectivity index (χ4n) is 1.75. The van der Waals surface area contributed by atoms with Crippen molar-refractivity contribution in [2.45, 2.75) is 0 Å². The van der Waals surface area contributed by atoms with Crippen molar-refractivity contribution in [3.05, 3.63) is 59.7 Å². The van der Waals surface area contributed by atoms with Gasteiger partial charge in [-0.3, -0.25) is 4.79 Å². The molecule has 0 saturated heterocycles. The van der Waals surface area contributed by atoms with E-state index >= 15 is 0 Å². The summed E-state index contributed by atoms with van der Waals surface area (Å²) < 4.78 is 4.94. The van der Waals surface area contributed by atoms with Gasteiger partial charge in [-0.15, -0.1) is 0 Å². The summed E-state index contributed by atoms with van der Waals surface area (Å²) in [6.07, 6.45) is 2.91. The van der Waals surface area contributed by atoms with Gasteiger partial charge in [0.05, 0.1) is 12.7 Å². The highest BCUT2D eigenvalue weighted by molar-refractivity contribution is 6.08. The number of benzene rings is 2. The van der Waals surface area contributed by atoms with E-state index in [1.807, 2.05) is 0 Å². The number of ether oxygens (including phenoxy) is 1. The molecular formula is C16H14O4. The number of aromatic hydroxyl groups is 2. The largest absolute Gasteiger partial charge is 0.507 e. The number of hydrogen-bond acceptors (Lipinski definition) is 4. The normalized spacial score (nSPS) is 10.7. The lowest BCUT2D eigenvalue weighted by Crippen LogP contribution is -1.94. The molecule has 0 aliphatic carbocycles. The maximum Gasteiger partial charge on any atom is 0.189 e. The molecule has 0 aromatic heterocycles. The minimum atomic E-state index is -0.307. The second-order valence-electron chi connectivity index (χ2n) is 4.15. The lowest BCUT2D eigenvalue weighted by atomic mass is 10.1. The number of hydrogen-bond donors (Lipinski definition) is 2. The number of carbonyl (C=O) groups excluding carboxylic acids is 1. The second-order valence-corrected chi connectivity index (χ2v) is 4.15. The predicted molar refractivity (Wildman–Crippen MR) is 76.1 cm³/mol. The minimum absolute atomic E-state index is 0.00431. The van der Waals surface area contributed by atoms with E-state index in [9.17, 15) is 15.0 Å². The summed E-state index contributed by atoms with van der Waals surface area (Å²) in [4.78, 5) is 11.9. The fraction of sp³-hybridized carbons (Fsp3) is 0.0625. The average molecular weight is 270 g/mol. The number of phenols is 2. The Morgan fingerprint density at radius 2 is 1.85 bits per heavy atom. The Hall–Kier alpha value is -2.75. The molecule has 2 aromatic rings. The van der Waals surface area contributed by atoms with E-state index in [0.29, 0.717) is 11.3 Å². The molecule has 2 aromatic carbocycles. The molecule has 0 saturated carbocycles. The summed E-state index contributed by atoms with van der Waals surface area (Å²) in [5.74, 6) is 0.0111. The lowest BCUT2D eigenvalue weighted by molar-refractivity contribution is 0.104. The van der Waals surface area contributed by atoms with Gasteiger partial charge in [-0.2, -0.15) is 0 Å². The molecule has 102 valence electrons. The molecule has 0 amide bonds. The van der Waals surface area contributed by atoms with Crippen LogP contribution in [0.1, 0.15) is 15.9 Å². The summed E-state index contributed by atoms with van der Waals surface area (Å²) in [5.41, 5.74) is 0.897. The van der Waals surface area contributed by atoms with Crippen LogP contribution in [0.25, 0.3) is 6.08 Å². The third-order valence-corrected chi connectivity index (χ3v) is 2.80. The highest BCUT2D eigenvalue weighted by Gasteiger charge is 2.07. The van der Waals surface area contributed by atoms with E-state index in [2.05, 4.69) is 0 Å². The maximum atomic E-state index is 11.9. The minimum Gasteiger partial charge on any atom is -0.507 e. The topological polar surface area (TPSA) is 66.8 Å². The molecule has 0 heterocycles. The van der Waals surface area contributed by atoms with Crippen LogP contribution in [-0.4, -0.2) is 23.1 Å². The summed E-state index contributed by atoms with van der Waals surface area (Å²) in [6, 6.07) is 11.2. The average Bonchev–Trinajstić information content (AvgIpc) is 2.45. The number of para-hydroxylation sites is 1. The van der Waals surface area contributed by atoms with Gasteiger partial charge >= 0.3 is 0 Å². The van der Waals surface area contributed by atoms with Crippen molar-refractivity contribution < 1.29 is 19.7 Å². The van der Waals surface area contributed by atoms with Crippen LogP contribution in [0.3, 0.4) is 0 Å². The van der Waals surface area contributed by atoms with Crippen LogP contribution in [0.4, 0.5) is 0 Å². The van der Waals surface area contributed by atoms with E-state index in [1.54, 1.807) is 36.4 Å². The zero-order valence-electron chi connectivity index (χ0n) is 10.9. The van der Waals surface area contributed by atoms with E-state index in [1.165, 1.54) is 25.3 Å². The lowest BCUT2D eigenvalue weighted by Gasteiger charge is -2.03. The third kappa shape index (κ3) is 2.98. The highest BCUT2D eigenvalue weighted by atomic mass is 16.5. The number of carbonyl (C=O) groups is 1. The summed E-state index contributed by atoms with van der Waals surface area (Å²) >= 11 is 0. The van der Waals surface area contributed by atoms with Crippen molar-refractivity contribution >= 4 is 11.9 Å². The van der Waals surface area contributed by atoms with Gasteiger partial charge in [0.25, 0.3) is 0 Å². The first-order valence-electron chi connectivity index (χ1n) is 5.99. The van der Waals surface area contributed by atoms with Gasteiger partial charge in [0.2, 0.25) is 0 Å². The van der Waals surface area contributed by atoms with Crippen molar-refractivity contribution in [1.82, 2.24) is 0 Å². The number of rotatable bonds is 4. The zero-order chi connectivity index (χ0) is 14.5. The molecule has 0 aliphatic rings. The van der Waals surface area contributed by atoms with Crippen LogP contribution in [0, 0.1) is 0 Å². The predicted octanol–water partition coefficient (Wildman–Crippen LogP) is 3.00. The third-order valence-electron chi connectivity index (χ3n) is 2.80. The number of allylic oxidation sites excluding steroid dienone is 1. The van der Waals surface area contributed by atoms with Gasteiger partial charge in [-0.1, -0.05) is 24.3 Å². The molecule has 20 heavy (non-hydrogen) atoms. The number of ketones is 1. The van der Waals surface area contributed by atoms with E-state index in [0.717, 1.165) is 0 Å². The van der Waals surface area contributed by atoms with Crippen LogP contribution < -0.4 is 4.74 Å². The molecule has 2 rings (SSSR count). The van der Waals surface area contributed by atoms with Crippen molar-refractivity contribution in [1.29, 1.82) is 0 Å². The van der Waals surface area contributed by atoms with Gasteiger partial charge in [-0.25, -0.2) is 0 Å². The molecule has 0 atom stereocenters. The Morgan fingerprint density at radius 1 is 1.10 bits per heavy atom. The molecule has 0 radical (unpaired) electrons. The molecule has 2 N–H and O–H groups in total. The molecular weight excluding hydrogens is 256 g/mol. The highest BCUT2D eigenvalue weighted by Crippen LogP contribution is 2.26. The van der Waals surface area contributed by atoms with Crippen molar-refractivity contribution in [3.8, 4) is 17.2 Å². The molecule has 0 bridgehead atoms. The van der Waals surface area contributed by atoms with Crippen LogP contribution >= 0.6 is 0 Å². The van der Waals surface area contributed by atoms with Crippen molar-refractivity contribution in [2.75, 3.05) is 7.11 Å². The zero-order valence-corrected chi connectivity index (χ0v) is 10.9. The Kier molecular flexibility index (Phi) is 4.05. The SMILES string of the molecule is COc1ccc(/C=C/C(=O)c2ccccc2O)cc1O. The number of methoxy groups -OCH3 is 1. The molecule has 0 aliphatic heterocycles. The summed E-state index contributed by atoms with van der Waals surface area (Å²) in [6.45, 7) is 0. The summed E-state index contributed by atoms with van der Waals surface area (Å²) in [5, 5.41) is 19.2. The van der Waals surface area contributed by atoms with E-state index < -0.39 is 0 Å². The van der Waals surface area contributed by atoms with Crippen LogP contribution in [0.5, 0.6) is 17.2 Å². The van der Waals surface area contributed by atoms with Gasteiger partial charge < -0.3 is 14.9 Å². The first kappa shape index (κ1) is 13.7. The monoisotopic (exact) mass is 270 g/mol. The Labute approximate surface area is 116 Å². The maximum absolute atomic E-state index is 11.9. The molecule has 0 fully saturated rings. The van der Waals surface area contributed by atoms with Crippen molar-refractivity contribution in [3.63, 3.8) is 0 Å². The van der Waals surface area contributed by atoms with Gasteiger partial charge in [-0.05, 0) is 35.9 Å². The quantitative estimate of drug-likeness (QED) is 0.662. The van der Waals surface area contributed by atoms with E-state index in [-0.39, 0.29) is 22.8 Å². The molecule has 4 nitrogen and oxygen atoms in total. The second kappa shape index (κ2) is 5.93. The van der Waals surface area contributed by atoms with Crippen LogP contribution in [-0.2, 0) is 0 Å². The first-order chi connectivity index (χ1) is 9.61. The Morgan fingerprint density at radius 3 is 2.50 bits per heavy atom. The fourth-order valence-corrected chi connectivity index (χ4v) is 1.75. The molecule has 0 unspecified atom stereocenters. The Bertz CT molecular complexity index is 659. The van der Waals surface area contributed by atoms with Gasteiger partial charge in [0, 0.05) is 0 Å². The standard InChI is InChI=1S/C16H14O4/c1-20-16-9-7-11(10-15(16)19)6-8-14(18)12-4-2-3-5-13(12)17/h2-10,17,19H,1H3/b8-6+. The summed E-state index contributed by atoms with van der Waals surface area (Å²) in [7, 11) is 1.46. The Balaban J connectivity index is 2.19. The van der Waals surface area contributed by atoms with E-state index in [4.69, 9.17) is 4.74 Å².